The average molecular weight is 162 g/mol. The van der Waals surface area contributed by atoms with Gasteiger partial charge in [0.05, 0.1) is 0 Å². The highest BCUT2D eigenvalue weighted by Gasteiger charge is 2.49. The van der Waals surface area contributed by atoms with Crippen molar-refractivity contribution in [2.75, 3.05) is 0 Å². The molecule has 0 aromatic heterocycles. The second-order valence-electron chi connectivity index (χ2n) is 4.76. The Hall–Kier alpha value is -0.590. The third kappa shape index (κ3) is 0.720. The van der Waals surface area contributed by atoms with Gasteiger partial charge in [0.15, 0.2) is 5.78 Å². The highest BCUT2D eigenvalue weighted by atomic mass is 16.1. The van der Waals surface area contributed by atoms with Crippen molar-refractivity contribution < 1.29 is 4.79 Å². The maximum atomic E-state index is 11.3. The van der Waals surface area contributed by atoms with Crippen molar-refractivity contribution >= 4 is 5.78 Å². The standard InChI is InChI=1S/C11H14O/c12-10-5-9-4-8-2-1-3-11(9,6-8)7-10/h5,8H,1-4,6-7H2. The van der Waals surface area contributed by atoms with Crippen molar-refractivity contribution in [1.82, 2.24) is 0 Å². The van der Waals surface area contributed by atoms with Crippen molar-refractivity contribution in [2.24, 2.45) is 11.3 Å². The Balaban J connectivity index is 2.05. The Morgan fingerprint density at radius 3 is 3.33 bits per heavy atom. The van der Waals surface area contributed by atoms with E-state index in [0.29, 0.717) is 11.2 Å². The molecule has 2 fully saturated rings. The van der Waals surface area contributed by atoms with Gasteiger partial charge in [-0.05, 0) is 36.7 Å². The number of carbonyl (C=O) groups excluding carboxylic acids is 1. The van der Waals surface area contributed by atoms with E-state index in [9.17, 15) is 4.79 Å². The van der Waals surface area contributed by atoms with Crippen LogP contribution in [0.1, 0.15) is 38.5 Å². The first-order chi connectivity index (χ1) is 5.78. The van der Waals surface area contributed by atoms with Gasteiger partial charge in [-0.1, -0.05) is 18.4 Å². The van der Waals surface area contributed by atoms with Gasteiger partial charge in [-0.2, -0.15) is 0 Å². The van der Waals surface area contributed by atoms with Gasteiger partial charge in [-0.25, -0.2) is 0 Å². The van der Waals surface area contributed by atoms with Crippen LogP contribution in [0.15, 0.2) is 11.6 Å². The Bertz CT molecular complexity index is 277. The molecule has 0 aromatic rings. The summed E-state index contributed by atoms with van der Waals surface area (Å²) in [7, 11) is 0. The summed E-state index contributed by atoms with van der Waals surface area (Å²) in [5, 5.41) is 0. The zero-order valence-electron chi connectivity index (χ0n) is 7.31. The number of hydrogen-bond acceptors (Lipinski definition) is 1. The predicted molar refractivity (Wildman–Crippen MR) is 46.7 cm³/mol. The summed E-state index contributed by atoms with van der Waals surface area (Å²) in [4.78, 5) is 11.3. The molecule has 64 valence electrons. The molecule has 0 amide bonds. The molecular formula is C11H14O. The molecule has 0 radical (unpaired) electrons. The van der Waals surface area contributed by atoms with E-state index >= 15 is 0 Å². The molecule has 12 heavy (non-hydrogen) atoms. The zero-order valence-corrected chi connectivity index (χ0v) is 7.31. The van der Waals surface area contributed by atoms with Crippen LogP contribution in [0.5, 0.6) is 0 Å². The molecule has 2 bridgehead atoms. The lowest BCUT2D eigenvalue weighted by molar-refractivity contribution is -0.115. The summed E-state index contributed by atoms with van der Waals surface area (Å²) in [6.07, 6.45) is 9.42. The summed E-state index contributed by atoms with van der Waals surface area (Å²) in [5.74, 6) is 1.32. The zero-order chi connectivity index (χ0) is 8.18. The van der Waals surface area contributed by atoms with Crippen molar-refractivity contribution in [3.05, 3.63) is 11.6 Å². The molecule has 0 aliphatic heterocycles. The second kappa shape index (κ2) is 2.01. The third-order valence-corrected chi connectivity index (χ3v) is 3.98. The quantitative estimate of drug-likeness (QED) is 0.534. The van der Waals surface area contributed by atoms with E-state index in [4.69, 9.17) is 0 Å². The van der Waals surface area contributed by atoms with Crippen LogP contribution in [0.2, 0.25) is 0 Å². The normalized spacial score (nSPS) is 44.5. The van der Waals surface area contributed by atoms with Gasteiger partial charge in [0.1, 0.15) is 0 Å². The highest BCUT2D eigenvalue weighted by Crippen LogP contribution is 2.59. The molecule has 3 aliphatic carbocycles. The molecule has 3 aliphatic rings. The number of fused-ring (bicyclic) bond motifs is 1. The Labute approximate surface area is 72.8 Å². The van der Waals surface area contributed by atoms with E-state index in [1.807, 2.05) is 6.08 Å². The topological polar surface area (TPSA) is 17.1 Å². The summed E-state index contributed by atoms with van der Waals surface area (Å²) >= 11 is 0. The Morgan fingerprint density at radius 1 is 1.50 bits per heavy atom. The molecule has 2 unspecified atom stereocenters. The second-order valence-corrected chi connectivity index (χ2v) is 4.76. The first-order valence-electron chi connectivity index (χ1n) is 5.02. The predicted octanol–water partition coefficient (Wildman–Crippen LogP) is 2.47. The summed E-state index contributed by atoms with van der Waals surface area (Å²) < 4.78 is 0. The first-order valence-corrected chi connectivity index (χ1v) is 5.02. The minimum atomic E-state index is 0.389. The van der Waals surface area contributed by atoms with E-state index in [0.717, 1.165) is 12.3 Å². The molecule has 1 spiro atoms. The largest absolute Gasteiger partial charge is 0.295 e. The summed E-state index contributed by atoms with van der Waals surface area (Å²) in [6, 6.07) is 0. The van der Waals surface area contributed by atoms with Crippen LogP contribution in [0, 0.1) is 11.3 Å². The third-order valence-electron chi connectivity index (χ3n) is 3.98. The molecule has 3 rings (SSSR count). The van der Waals surface area contributed by atoms with Crippen LogP contribution in [0.3, 0.4) is 0 Å². The number of carbonyl (C=O) groups is 1. The maximum absolute atomic E-state index is 11.3. The molecule has 2 atom stereocenters. The van der Waals surface area contributed by atoms with E-state index in [1.165, 1.54) is 37.7 Å². The van der Waals surface area contributed by atoms with Crippen LogP contribution in [0.4, 0.5) is 0 Å². The molecule has 1 heteroatoms. The molecule has 1 nitrogen and oxygen atoms in total. The highest BCUT2D eigenvalue weighted by molar-refractivity contribution is 5.94. The number of allylic oxidation sites excluding steroid dienone is 2. The minimum absolute atomic E-state index is 0.389. The van der Waals surface area contributed by atoms with Gasteiger partial charge in [0.2, 0.25) is 0 Å². The fraction of sp³-hybridized carbons (Fsp3) is 0.727. The van der Waals surface area contributed by atoms with Crippen LogP contribution in [0.25, 0.3) is 0 Å². The fourth-order valence-electron chi connectivity index (χ4n) is 3.54. The molecule has 2 saturated carbocycles. The Morgan fingerprint density at radius 2 is 2.42 bits per heavy atom. The van der Waals surface area contributed by atoms with Crippen molar-refractivity contribution in [2.45, 2.75) is 38.5 Å². The van der Waals surface area contributed by atoms with Crippen LogP contribution < -0.4 is 0 Å². The molecule has 0 aromatic carbocycles. The van der Waals surface area contributed by atoms with E-state index in [1.54, 1.807) is 0 Å². The van der Waals surface area contributed by atoms with Crippen LogP contribution in [-0.2, 0) is 4.79 Å². The average Bonchev–Trinajstić information content (AvgIpc) is 2.37. The van der Waals surface area contributed by atoms with Crippen molar-refractivity contribution in [3.63, 3.8) is 0 Å². The lowest BCUT2D eigenvalue weighted by Crippen LogP contribution is -2.21. The number of rotatable bonds is 0. The maximum Gasteiger partial charge on any atom is 0.156 e. The van der Waals surface area contributed by atoms with Crippen LogP contribution >= 0.6 is 0 Å². The molecule has 0 heterocycles. The SMILES string of the molecule is O=C1C=C2CC3CCCC2(C1)C3. The first kappa shape index (κ1) is 6.88. The lowest BCUT2D eigenvalue weighted by Gasteiger charge is -2.30. The fourth-order valence-corrected chi connectivity index (χ4v) is 3.54. The van der Waals surface area contributed by atoms with E-state index < -0.39 is 0 Å². The minimum Gasteiger partial charge on any atom is -0.295 e. The van der Waals surface area contributed by atoms with Crippen molar-refractivity contribution in [3.8, 4) is 0 Å². The Kier molecular flexibility index (Phi) is 1.15. The summed E-state index contributed by atoms with van der Waals surface area (Å²) in [5.41, 5.74) is 1.90. The van der Waals surface area contributed by atoms with Gasteiger partial charge in [0, 0.05) is 6.42 Å². The lowest BCUT2D eigenvalue weighted by atomic mass is 9.74. The smallest absolute Gasteiger partial charge is 0.156 e. The number of ketones is 1. The van der Waals surface area contributed by atoms with Gasteiger partial charge < -0.3 is 0 Å². The number of hydrogen-bond donors (Lipinski definition) is 0. The van der Waals surface area contributed by atoms with E-state index in [-0.39, 0.29) is 0 Å². The van der Waals surface area contributed by atoms with Gasteiger partial charge >= 0.3 is 0 Å². The monoisotopic (exact) mass is 162 g/mol. The summed E-state index contributed by atoms with van der Waals surface area (Å²) in [6.45, 7) is 0. The van der Waals surface area contributed by atoms with Gasteiger partial charge in [0.25, 0.3) is 0 Å². The molecular weight excluding hydrogens is 148 g/mol. The molecule has 0 N–H and O–H groups in total. The molecule has 0 saturated heterocycles. The van der Waals surface area contributed by atoms with E-state index in [2.05, 4.69) is 0 Å². The van der Waals surface area contributed by atoms with Gasteiger partial charge in [-0.15, -0.1) is 0 Å². The van der Waals surface area contributed by atoms with Gasteiger partial charge in [-0.3, -0.25) is 4.79 Å². The van der Waals surface area contributed by atoms with Crippen LogP contribution in [-0.4, -0.2) is 5.78 Å². The van der Waals surface area contributed by atoms with Crippen molar-refractivity contribution in [1.29, 1.82) is 0 Å².